The first-order valence-corrected chi connectivity index (χ1v) is 3.82. The van der Waals surface area contributed by atoms with Gasteiger partial charge in [-0.05, 0) is 12.3 Å². The number of rotatable bonds is 4. The standard InChI is InChI=1S/C8H14O4.Mg/c1-4-8(5(2)3,6(9)10)7(11)12;/h5H,4H2,1-3H3,(H,9,10)(H,11,12);/q;+2/p-2. The Hall–Kier alpha value is -0.294. The van der Waals surface area contributed by atoms with Crippen molar-refractivity contribution in [1.82, 2.24) is 0 Å². The summed E-state index contributed by atoms with van der Waals surface area (Å²) in [7, 11) is 0. The molecule has 4 nitrogen and oxygen atoms in total. The smallest absolute Gasteiger partial charge is 0.549 e. The van der Waals surface area contributed by atoms with Gasteiger partial charge in [0.05, 0.1) is 17.4 Å². The molecule has 0 aromatic carbocycles. The second-order valence-corrected chi connectivity index (χ2v) is 3.05. The SMILES string of the molecule is CCC(C(=O)[O-])(C(=O)[O-])C(C)C.[Mg+2]. The number of hydrogen-bond donors (Lipinski definition) is 0. The average molecular weight is 196 g/mol. The van der Waals surface area contributed by atoms with E-state index in [1.807, 2.05) is 0 Å². The van der Waals surface area contributed by atoms with E-state index in [9.17, 15) is 19.8 Å². The van der Waals surface area contributed by atoms with E-state index in [-0.39, 0.29) is 29.5 Å². The molecular weight excluding hydrogens is 184 g/mol. The van der Waals surface area contributed by atoms with Gasteiger partial charge in [-0.3, -0.25) is 0 Å². The van der Waals surface area contributed by atoms with Crippen molar-refractivity contribution in [3.05, 3.63) is 0 Å². The van der Waals surface area contributed by atoms with Gasteiger partial charge in [0, 0.05) is 0 Å². The third-order valence-corrected chi connectivity index (χ3v) is 2.27. The normalized spacial score (nSPS) is 10.8. The van der Waals surface area contributed by atoms with Crippen LogP contribution in [0.15, 0.2) is 0 Å². The number of carbonyl (C=O) groups excluding carboxylic acids is 2. The molecule has 0 unspecified atom stereocenters. The first-order chi connectivity index (χ1) is 5.39. The quantitative estimate of drug-likeness (QED) is 0.391. The van der Waals surface area contributed by atoms with Gasteiger partial charge in [-0.2, -0.15) is 0 Å². The molecule has 0 rings (SSSR count). The first kappa shape index (κ1) is 15.2. The van der Waals surface area contributed by atoms with Crippen LogP contribution in [0.2, 0.25) is 0 Å². The van der Waals surface area contributed by atoms with E-state index in [1.54, 1.807) is 0 Å². The molecule has 0 aromatic rings. The molecule has 0 fully saturated rings. The Morgan fingerprint density at radius 2 is 1.54 bits per heavy atom. The molecule has 0 aliphatic heterocycles. The molecule has 0 amide bonds. The maximum Gasteiger partial charge on any atom is 2.00 e. The van der Waals surface area contributed by atoms with E-state index in [1.165, 1.54) is 20.8 Å². The second-order valence-electron chi connectivity index (χ2n) is 3.05. The molecule has 0 saturated carbocycles. The number of aliphatic carboxylic acids is 2. The molecule has 0 bridgehead atoms. The van der Waals surface area contributed by atoms with Crippen molar-refractivity contribution in [3.8, 4) is 0 Å². The Bertz CT molecular complexity index is 186. The number of carbonyl (C=O) groups is 2. The Labute approximate surface area is 93.5 Å². The van der Waals surface area contributed by atoms with E-state index >= 15 is 0 Å². The van der Waals surface area contributed by atoms with Crippen LogP contribution in [0, 0.1) is 11.3 Å². The summed E-state index contributed by atoms with van der Waals surface area (Å²) in [6.07, 6.45) is -0.0185. The van der Waals surface area contributed by atoms with Gasteiger partial charge in [0.15, 0.2) is 0 Å². The van der Waals surface area contributed by atoms with Gasteiger partial charge in [0.25, 0.3) is 0 Å². The predicted molar refractivity (Wildman–Crippen MR) is 43.3 cm³/mol. The van der Waals surface area contributed by atoms with Crippen LogP contribution < -0.4 is 10.2 Å². The molecule has 0 aliphatic carbocycles. The molecule has 0 atom stereocenters. The van der Waals surface area contributed by atoms with Crippen LogP contribution in [-0.2, 0) is 9.59 Å². The van der Waals surface area contributed by atoms with Crippen molar-refractivity contribution >= 4 is 35.0 Å². The molecule has 0 radical (unpaired) electrons. The maximum absolute atomic E-state index is 10.6. The maximum atomic E-state index is 10.6. The minimum atomic E-state index is -1.85. The minimum absolute atomic E-state index is 0. The average Bonchev–Trinajstić information content (AvgIpc) is 1.86. The Morgan fingerprint density at radius 1 is 1.23 bits per heavy atom. The van der Waals surface area contributed by atoms with Crippen LogP contribution in [0.4, 0.5) is 0 Å². The van der Waals surface area contributed by atoms with Crippen molar-refractivity contribution in [2.24, 2.45) is 11.3 Å². The van der Waals surface area contributed by atoms with E-state index in [0.29, 0.717) is 0 Å². The zero-order valence-corrected chi connectivity index (χ0v) is 9.54. The number of carboxylic acids is 2. The van der Waals surface area contributed by atoms with Gasteiger partial charge in [-0.15, -0.1) is 0 Å². The topological polar surface area (TPSA) is 80.3 Å². The Kier molecular flexibility index (Phi) is 6.36. The van der Waals surface area contributed by atoms with Gasteiger partial charge in [-0.1, -0.05) is 20.8 Å². The monoisotopic (exact) mass is 196 g/mol. The van der Waals surface area contributed by atoms with Crippen molar-refractivity contribution in [1.29, 1.82) is 0 Å². The number of carboxylic acid groups (broad SMARTS) is 2. The molecule has 0 N–H and O–H groups in total. The largest absolute Gasteiger partial charge is 2.00 e. The van der Waals surface area contributed by atoms with E-state index in [2.05, 4.69) is 0 Å². The zero-order chi connectivity index (χ0) is 9.94. The van der Waals surface area contributed by atoms with Crippen molar-refractivity contribution in [2.75, 3.05) is 0 Å². The second kappa shape index (κ2) is 5.44. The van der Waals surface area contributed by atoms with Crippen LogP contribution in [0.5, 0.6) is 0 Å². The fourth-order valence-corrected chi connectivity index (χ4v) is 1.25. The molecule has 13 heavy (non-hydrogen) atoms. The molecule has 0 aromatic heterocycles. The summed E-state index contributed by atoms with van der Waals surface area (Å²) in [6.45, 7) is 4.54. The molecule has 70 valence electrons. The molecule has 0 aliphatic rings. The minimum Gasteiger partial charge on any atom is -0.549 e. The number of hydrogen-bond acceptors (Lipinski definition) is 4. The van der Waals surface area contributed by atoms with Crippen LogP contribution in [0.25, 0.3) is 0 Å². The van der Waals surface area contributed by atoms with E-state index < -0.39 is 23.3 Å². The van der Waals surface area contributed by atoms with E-state index in [4.69, 9.17) is 0 Å². The van der Waals surface area contributed by atoms with Gasteiger partial charge in [0.2, 0.25) is 0 Å². The third-order valence-electron chi connectivity index (χ3n) is 2.27. The summed E-state index contributed by atoms with van der Waals surface area (Å²) in [5, 5.41) is 21.2. The third kappa shape index (κ3) is 2.57. The summed E-state index contributed by atoms with van der Waals surface area (Å²) >= 11 is 0. The van der Waals surface area contributed by atoms with Crippen molar-refractivity contribution in [3.63, 3.8) is 0 Å². The summed E-state index contributed by atoms with van der Waals surface area (Å²) < 4.78 is 0. The molecule has 5 heteroatoms. The summed E-state index contributed by atoms with van der Waals surface area (Å²) in [5.74, 6) is -3.67. The Balaban J connectivity index is 0. The van der Waals surface area contributed by atoms with Gasteiger partial charge < -0.3 is 19.8 Å². The summed E-state index contributed by atoms with van der Waals surface area (Å²) in [4.78, 5) is 21.2. The molecule has 0 spiro atoms. The van der Waals surface area contributed by atoms with Crippen molar-refractivity contribution in [2.45, 2.75) is 27.2 Å². The first-order valence-electron chi connectivity index (χ1n) is 3.82. The fourth-order valence-electron chi connectivity index (χ4n) is 1.25. The van der Waals surface area contributed by atoms with Crippen LogP contribution >= 0.6 is 0 Å². The fraction of sp³-hybridized carbons (Fsp3) is 0.750. The van der Waals surface area contributed by atoms with Gasteiger partial charge in [0.1, 0.15) is 0 Å². The van der Waals surface area contributed by atoms with Crippen molar-refractivity contribution < 1.29 is 19.8 Å². The van der Waals surface area contributed by atoms with Gasteiger partial charge in [-0.25, -0.2) is 0 Å². The van der Waals surface area contributed by atoms with Gasteiger partial charge >= 0.3 is 23.1 Å². The van der Waals surface area contributed by atoms with Crippen LogP contribution in [-0.4, -0.2) is 35.0 Å². The zero-order valence-electron chi connectivity index (χ0n) is 8.12. The predicted octanol–water partition coefficient (Wildman–Crippen LogP) is -1.84. The Morgan fingerprint density at radius 3 is 1.54 bits per heavy atom. The van der Waals surface area contributed by atoms with Crippen LogP contribution in [0.3, 0.4) is 0 Å². The summed E-state index contributed by atoms with van der Waals surface area (Å²) in [6, 6.07) is 0. The van der Waals surface area contributed by atoms with Crippen LogP contribution in [0.1, 0.15) is 27.2 Å². The molecule has 0 heterocycles. The summed E-state index contributed by atoms with van der Waals surface area (Å²) in [5.41, 5.74) is -1.85. The van der Waals surface area contributed by atoms with E-state index in [0.717, 1.165) is 0 Å². The molecule has 0 saturated heterocycles. The molecular formula is C8H12MgO4.